The van der Waals surface area contributed by atoms with Crippen LogP contribution in [0.25, 0.3) is 0 Å². The summed E-state index contributed by atoms with van der Waals surface area (Å²) in [5.41, 5.74) is -0.935. The lowest BCUT2D eigenvalue weighted by Gasteiger charge is -2.45. The number of hydrogen-bond donors (Lipinski definition) is 1. The molecule has 5 atom stereocenters. The molecule has 0 radical (unpaired) electrons. The Balaban J connectivity index is 2.18. The number of nitrogens with two attached hydrogens (primary N) is 1. The quantitative estimate of drug-likeness (QED) is 0.731. The number of hydrogen-bond acceptors (Lipinski definition) is 7. The second-order valence-electron chi connectivity index (χ2n) is 5.06. The molecule has 0 aromatic heterocycles. The zero-order chi connectivity index (χ0) is 15.0. The summed E-state index contributed by atoms with van der Waals surface area (Å²) in [6.07, 6.45) is -0.0567. The Morgan fingerprint density at radius 2 is 2.05 bits per heavy atom. The van der Waals surface area contributed by atoms with Gasteiger partial charge in [-0.2, -0.15) is 8.42 Å². The van der Waals surface area contributed by atoms with Crippen molar-refractivity contribution in [2.24, 2.45) is 5.14 Å². The van der Waals surface area contributed by atoms with E-state index in [-0.39, 0.29) is 25.1 Å². The minimum atomic E-state index is -4.04. The Morgan fingerprint density at radius 1 is 1.35 bits per heavy atom. The van der Waals surface area contributed by atoms with Crippen LogP contribution in [0.4, 0.5) is 0 Å². The largest absolute Gasteiger partial charge is 0.376 e. The number of methoxy groups -OCH3 is 2. The van der Waals surface area contributed by atoms with Crippen molar-refractivity contribution < 1.29 is 31.5 Å². The molecule has 0 spiro atoms. The second-order valence-corrected chi connectivity index (χ2v) is 6.28. The van der Waals surface area contributed by atoms with Crippen LogP contribution >= 0.6 is 0 Å². The predicted molar refractivity (Wildman–Crippen MR) is 68.0 cm³/mol. The van der Waals surface area contributed by atoms with E-state index >= 15 is 0 Å². The summed E-state index contributed by atoms with van der Waals surface area (Å²) in [7, 11) is -1.04. The van der Waals surface area contributed by atoms with E-state index in [1.807, 2.05) is 0 Å². The van der Waals surface area contributed by atoms with Crippen molar-refractivity contribution in [3.05, 3.63) is 0 Å². The molecule has 1 heterocycles. The Kier molecular flexibility index (Phi) is 4.69. The van der Waals surface area contributed by atoms with E-state index in [1.165, 1.54) is 14.2 Å². The van der Waals surface area contributed by atoms with E-state index < -0.39 is 22.0 Å². The lowest BCUT2D eigenvalue weighted by molar-refractivity contribution is -0.198. The van der Waals surface area contributed by atoms with Gasteiger partial charge < -0.3 is 18.9 Å². The molecule has 9 heteroatoms. The number of fused-ring (bicyclic) bond motifs is 1. The van der Waals surface area contributed by atoms with Gasteiger partial charge in [-0.05, 0) is 19.8 Å². The monoisotopic (exact) mass is 311 g/mol. The summed E-state index contributed by atoms with van der Waals surface area (Å²) < 4.78 is 49.1. The first-order valence-electron chi connectivity index (χ1n) is 6.37. The van der Waals surface area contributed by atoms with Crippen LogP contribution < -0.4 is 5.14 Å². The molecule has 1 saturated heterocycles. The molecule has 8 nitrogen and oxygen atoms in total. The third-order valence-corrected chi connectivity index (χ3v) is 4.32. The topological polar surface area (TPSA) is 106 Å². The highest BCUT2D eigenvalue weighted by Gasteiger charge is 2.55. The zero-order valence-corrected chi connectivity index (χ0v) is 12.6. The molecule has 0 amide bonds. The van der Waals surface area contributed by atoms with E-state index in [2.05, 4.69) is 0 Å². The minimum absolute atomic E-state index is 0.0901. The van der Waals surface area contributed by atoms with Crippen molar-refractivity contribution in [2.45, 2.75) is 50.0 Å². The Bertz CT molecular complexity index is 442. The summed E-state index contributed by atoms with van der Waals surface area (Å²) in [5, 5.41) is 4.88. The molecule has 1 aliphatic carbocycles. The molecule has 1 unspecified atom stereocenters. The van der Waals surface area contributed by atoms with Crippen LogP contribution in [-0.4, -0.2) is 59.4 Å². The Morgan fingerprint density at radius 3 is 2.60 bits per heavy atom. The highest BCUT2D eigenvalue weighted by molar-refractivity contribution is 7.84. The highest BCUT2D eigenvalue weighted by Crippen LogP contribution is 2.40. The van der Waals surface area contributed by atoms with Crippen LogP contribution in [0.3, 0.4) is 0 Å². The molecule has 1 saturated carbocycles. The first-order chi connectivity index (χ1) is 9.31. The van der Waals surface area contributed by atoms with Crippen molar-refractivity contribution in [2.75, 3.05) is 20.8 Å². The molecule has 118 valence electrons. The van der Waals surface area contributed by atoms with Crippen molar-refractivity contribution in [3.63, 3.8) is 0 Å². The summed E-state index contributed by atoms with van der Waals surface area (Å²) >= 11 is 0. The molecular formula is C11H21NO7S. The lowest BCUT2D eigenvalue weighted by atomic mass is 9.79. The van der Waals surface area contributed by atoms with E-state index in [4.69, 9.17) is 28.3 Å². The maximum absolute atomic E-state index is 11.0. The first kappa shape index (κ1) is 16.1. The maximum atomic E-state index is 11.0. The molecule has 2 N–H and O–H groups in total. The van der Waals surface area contributed by atoms with Crippen molar-refractivity contribution in [3.8, 4) is 0 Å². The van der Waals surface area contributed by atoms with Crippen LogP contribution in [0.5, 0.6) is 0 Å². The smallest absolute Gasteiger partial charge is 0.333 e. The van der Waals surface area contributed by atoms with Crippen molar-refractivity contribution in [1.82, 2.24) is 0 Å². The normalized spacial score (nSPS) is 41.6. The zero-order valence-electron chi connectivity index (χ0n) is 11.8. The standard InChI is InChI=1S/C11H21NO7S/c1-7-18-8-4-5-11(16-3,6-17-20(12,13)14)10(15-2)9(8)19-7/h7-10H,4-6H2,1-3H3,(H2,12,13,14)/t7?,8-,9-,10+,11+/m1/s1. The molecule has 20 heavy (non-hydrogen) atoms. The first-order valence-corrected chi connectivity index (χ1v) is 7.84. The number of ether oxygens (including phenoxy) is 4. The van der Waals surface area contributed by atoms with Crippen molar-refractivity contribution >= 4 is 10.3 Å². The molecule has 0 aromatic carbocycles. The van der Waals surface area contributed by atoms with Gasteiger partial charge in [0.05, 0.1) is 12.7 Å². The fourth-order valence-corrected chi connectivity index (χ4v) is 3.32. The van der Waals surface area contributed by atoms with E-state index in [0.717, 1.165) is 0 Å². The molecule has 2 fully saturated rings. The third-order valence-electron chi connectivity index (χ3n) is 3.88. The van der Waals surface area contributed by atoms with Gasteiger partial charge in [0.2, 0.25) is 0 Å². The summed E-state index contributed by atoms with van der Waals surface area (Å²) in [4.78, 5) is 0. The Hall–Kier alpha value is -0.290. The molecule has 0 bridgehead atoms. The SMILES string of the molecule is CO[C@H]1[C@@H]2OC(C)O[C@@H]2CC[C@@]1(COS(N)(=O)=O)OC. The van der Waals surface area contributed by atoms with E-state index in [0.29, 0.717) is 12.8 Å². The third kappa shape index (κ3) is 3.14. The number of rotatable bonds is 5. The predicted octanol–water partition coefficient (Wildman–Crippen LogP) is -0.469. The van der Waals surface area contributed by atoms with Gasteiger partial charge in [-0.15, -0.1) is 0 Å². The summed E-state index contributed by atoms with van der Waals surface area (Å²) in [6, 6.07) is 0. The molecule has 2 aliphatic rings. The lowest BCUT2D eigenvalue weighted by Crippen LogP contribution is -2.60. The molecule has 1 aliphatic heterocycles. The second kappa shape index (κ2) is 5.84. The summed E-state index contributed by atoms with van der Waals surface area (Å²) in [5.74, 6) is 0. The van der Waals surface area contributed by atoms with Gasteiger partial charge in [0.15, 0.2) is 6.29 Å². The van der Waals surface area contributed by atoms with Gasteiger partial charge in [-0.1, -0.05) is 0 Å². The van der Waals surface area contributed by atoms with Crippen LogP contribution in [0.2, 0.25) is 0 Å². The van der Waals surface area contributed by atoms with Gasteiger partial charge in [-0.3, -0.25) is 4.18 Å². The maximum Gasteiger partial charge on any atom is 0.333 e. The molecule has 2 rings (SSSR count). The van der Waals surface area contributed by atoms with Crippen LogP contribution in [0.15, 0.2) is 0 Å². The molecular weight excluding hydrogens is 290 g/mol. The summed E-state index contributed by atoms with van der Waals surface area (Å²) in [6.45, 7) is 1.59. The van der Waals surface area contributed by atoms with E-state index in [1.54, 1.807) is 6.92 Å². The van der Waals surface area contributed by atoms with E-state index in [9.17, 15) is 8.42 Å². The van der Waals surface area contributed by atoms with Crippen LogP contribution in [-0.2, 0) is 33.4 Å². The molecule has 0 aromatic rings. The van der Waals surface area contributed by atoms with Crippen LogP contribution in [0.1, 0.15) is 19.8 Å². The fraction of sp³-hybridized carbons (Fsp3) is 1.00. The van der Waals surface area contributed by atoms with Gasteiger partial charge in [0.1, 0.15) is 17.8 Å². The van der Waals surface area contributed by atoms with Crippen molar-refractivity contribution in [1.29, 1.82) is 0 Å². The van der Waals surface area contributed by atoms with Gasteiger partial charge in [0.25, 0.3) is 0 Å². The van der Waals surface area contributed by atoms with Gasteiger partial charge >= 0.3 is 10.3 Å². The van der Waals surface area contributed by atoms with Crippen LogP contribution in [0, 0.1) is 0 Å². The van der Waals surface area contributed by atoms with Gasteiger partial charge in [0, 0.05) is 14.2 Å². The fourth-order valence-electron chi connectivity index (χ4n) is 2.95. The van der Waals surface area contributed by atoms with Gasteiger partial charge in [-0.25, -0.2) is 5.14 Å². The minimum Gasteiger partial charge on any atom is -0.376 e. The highest BCUT2D eigenvalue weighted by atomic mass is 32.2. The average Bonchev–Trinajstić information content (AvgIpc) is 2.75. The Labute approximate surface area is 118 Å². The average molecular weight is 311 g/mol.